The lowest BCUT2D eigenvalue weighted by atomic mass is 10.2. The highest BCUT2D eigenvalue weighted by Crippen LogP contribution is 2.32. The van der Waals surface area contributed by atoms with Crippen LogP contribution < -0.4 is 5.76 Å². The van der Waals surface area contributed by atoms with Gasteiger partial charge in [-0.1, -0.05) is 24.3 Å². The predicted molar refractivity (Wildman–Crippen MR) is 105 cm³/mol. The van der Waals surface area contributed by atoms with Crippen LogP contribution in [0.1, 0.15) is 31.1 Å². The Morgan fingerprint density at radius 1 is 1.18 bits per heavy atom. The molecule has 0 radical (unpaired) electrons. The van der Waals surface area contributed by atoms with Crippen LogP contribution in [0.3, 0.4) is 0 Å². The van der Waals surface area contributed by atoms with Crippen LogP contribution in [0, 0.1) is 0 Å². The van der Waals surface area contributed by atoms with Crippen molar-refractivity contribution in [3.05, 3.63) is 64.9 Å². The maximum Gasteiger partial charge on any atom is 0.419 e. The fourth-order valence-electron chi connectivity index (χ4n) is 4.06. The predicted octanol–water partition coefficient (Wildman–Crippen LogP) is 3.22. The Kier molecular flexibility index (Phi) is 4.00. The summed E-state index contributed by atoms with van der Waals surface area (Å²) in [6, 6.07) is 15.1. The van der Waals surface area contributed by atoms with E-state index in [-0.39, 0.29) is 18.4 Å². The second-order valence-electron chi connectivity index (χ2n) is 7.12. The third-order valence-electron chi connectivity index (χ3n) is 5.42. The van der Waals surface area contributed by atoms with Crippen molar-refractivity contribution in [2.75, 3.05) is 6.54 Å². The van der Waals surface area contributed by atoms with E-state index in [0.717, 1.165) is 35.2 Å². The normalized spacial score (nSPS) is 17.0. The molecule has 1 aliphatic rings. The van der Waals surface area contributed by atoms with E-state index in [2.05, 4.69) is 9.97 Å². The first-order valence-corrected chi connectivity index (χ1v) is 9.53. The SMILES string of the molecule is O=C(CCn1c(=O)oc2ccccc21)N1CCCC1c1nc2ccccc2[nH]1. The van der Waals surface area contributed by atoms with E-state index in [1.165, 1.54) is 4.57 Å². The van der Waals surface area contributed by atoms with E-state index in [1.807, 2.05) is 47.4 Å². The first-order valence-electron chi connectivity index (χ1n) is 9.53. The van der Waals surface area contributed by atoms with Crippen molar-refractivity contribution in [1.82, 2.24) is 19.4 Å². The number of H-pyrrole nitrogens is 1. The Morgan fingerprint density at radius 2 is 2.00 bits per heavy atom. The van der Waals surface area contributed by atoms with Gasteiger partial charge >= 0.3 is 5.76 Å². The van der Waals surface area contributed by atoms with Gasteiger partial charge in [0.1, 0.15) is 5.82 Å². The molecular formula is C21H20N4O3. The fraction of sp³-hybridized carbons (Fsp3) is 0.286. The standard InChI is InChI=1S/C21H20N4O3/c26-19(11-13-25-16-8-3-4-10-18(16)28-21(25)27)24-12-5-9-17(24)20-22-14-6-1-2-7-15(14)23-20/h1-4,6-8,10,17H,5,9,11-13H2,(H,22,23). The van der Waals surface area contributed by atoms with Gasteiger partial charge in [-0.25, -0.2) is 9.78 Å². The zero-order valence-electron chi connectivity index (χ0n) is 15.3. The largest absolute Gasteiger partial charge is 0.419 e. The minimum Gasteiger partial charge on any atom is -0.408 e. The van der Waals surface area contributed by atoms with Crippen molar-refractivity contribution >= 4 is 28.0 Å². The summed E-state index contributed by atoms with van der Waals surface area (Å²) < 4.78 is 6.78. The van der Waals surface area contributed by atoms with Gasteiger partial charge in [-0.3, -0.25) is 9.36 Å². The lowest BCUT2D eigenvalue weighted by Crippen LogP contribution is -2.32. The van der Waals surface area contributed by atoms with E-state index < -0.39 is 5.76 Å². The first kappa shape index (κ1) is 16.8. The number of likely N-dealkylation sites (tertiary alicyclic amines) is 1. The second kappa shape index (κ2) is 6.67. The van der Waals surface area contributed by atoms with Gasteiger partial charge in [-0.05, 0) is 37.1 Å². The molecule has 1 atom stereocenters. The monoisotopic (exact) mass is 376 g/mol. The Labute approximate surface area is 160 Å². The van der Waals surface area contributed by atoms with Crippen LogP contribution in [0.15, 0.2) is 57.7 Å². The zero-order chi connectivity index (χ0) is 19.1. The number of oxazole rings is 1. The highest BCUT2D eigenvalue weighted by molar-refractivity contribution is 5.78. The van der Waals surface area contributed by atoms with Crippen LogP contribution in [-0.4, -0.2) is 31.9 Å². The quantitative estimate of drug-likeness (QED) is 0.593. The summed E-state index contributed by atoms with van der Waals surface area (Å²) >= 11 is 0. The molecule has 1 N–H and O–H groups in total. The smallest absolute Gasteiger partial charge is 0.408 e. The molecule has 1 unspecified atom stereocenters. The number of aromatic nitrogens is 3. The van der Waals surface area contributed by atoms with Crippen molar-refractivity contribution in [1.29, 1.82) is 0 Å². The number of nitrogens with zero attached hydrogens (tertiary/aromatic N) is 3. The molecule has 2 aromatic heterocycles. The van der Waals surface area contributed by atoms with Crippen LogP contribution in [0.25, 0.3) is 22.1 Å². The number of para-hydroxylation sites is 4. The molecular weight excluding hydrogens is 356 g/mol. The molecule has 0 aliphatic carbocycles. The molecule has 0 bridgehead atoms. The molecule has 4 aromatic rings. The van der Waals surface area contributed by atoms with Crippen LogP contribution >= 0.6 is 0 Å². The molecule has 7 heteroatoms. The molecule has 1 aliphatic heterocycles. The summed E-state index contributed by atoms with van der Waals surface area (Å²) in [5.41, 5.74) is 3.15. The number of amides is 1. The number of aryl methyl sites for hydroxylation is 1. The Morgan fingerprint density at radius 3 is 2.89 bits per heavy atom. The number of aromatic amines is 1. The van der Waals surface area contributed by atoms with Gasteiger partial charge in [-0.2, -0.15) is 0 Å². The summed E-state index contributed by atoms with van der Waals surface area (Å²) in [5, 5.41) is 0. The molecule has 3 heterocycles. The molecule has 1 fully saturated rings. The second-order valence-corrected chi connectivity index (χ2v) is 7.12. The average molecular weight is 376 g/mol. The van der Waals surface area contributed by atoms with Gasteiger partial charge < -0.3 is 14.3 Å². The molecule has 5 rings (SSSR count). The van der Waals surface area contributed by atoms with Crippen molar-refractivity contribution in [3.8, 4) is 0 Å². The number of carbonyl (C=O) groups excluding carboxylic acids is 1. The topological polar surface area (TPSA) is 84.1 Å². The number of hydrogen-bond donors (Lipinski definition) is 1. The lowest BCUT2D eigenvalue weighted by molar-refractivity contribution is -0.132. The zero-order valence-corrected chi connectivity index (χ0v) is 15.3. The highest BCUT2D eigenvalue weighted by atomic mass is 16.4. The molecule has 1 saturated heterocycles. The van der Waals surface area contributed by atoms with Crippen molar-refractivity contribution in [3.63, 3.8) is 0 Å². The van der Waals surface area contributed by atoms with Gasteiger partial charge in [0.2, 0.25) is 5.91 Å². The van der Waals surface area contributed by atoms with E-state index in [1.54, 1.807) is 6.07 Å². The number of fused-ring (bicyclic) bond motifs is 2. The molecule has 1 amide bonds. The number of imidazole rings is 1. The molecule has 2 aromatic carbocycles. The van der Waals surface area contributed by atoms with Gasteiger partial charge in [0, 0.05) is 19.5 Å². The number of nitrogens with one attached hydrogen (secondary N) is 1. The first-order chi connectivity index (χ1) is 13.7. The fourth-order valence-corrected chi connectivity index (χ4v) is 4.06. The summed E-state index contributed by atoms with van der Waals surface area (Å²) in [6.07, 6.45) is 2.09. The van der Waals surface area contributed by atoms with Crippen LogP contribution in [0.4, 0.5) is 0 Å². The lowest BCUT2D eigenvalue weighted by Gasteiger charge is -2.23. The maximum atomic E-state index is 12.9. The van der Waals surface area contributed by atoms with Crippen molar-refractivity contribution in [2.45, 2.75) is 31.8 Å². The summed E-state index contributed by atoms with van der Waals surface area (Å²) in [5.74, 6) is 0.433. The summed E-state index contributed by atoms with van der Waals surface area (Å²) in [6.45, 7) is 1.01. The van der Waals surface area contributed by atoms with Gasteiger partial charge in [0.25, 0.3) is 0 Å². The highest BCUT2D eigenvalue weighted by Gasteiger charge is 2.32. The minimum atomic E-state index is -0.427. The van der Waals surface area contributed by atoms with E-state index >= 15 is 0 Å². The summed E-state index contributed by atoms with van der Waals surface area (Å²) in [7, 11) is 0. The van der Waals surface area contributed by atoms with Crippen LogP contribution in [0.5, 0.6) is 0 Å². The number of carbonyl (C=O) groups is 1. The third kappa shape index (κ3) is 2.79. The van der Waals surface area contributed by atoms with Crippen molar-refractivity contribution < 1.29 is 9.21 Å². The van der Waals surface area contributed by atoms with Gasteiger partial charge in [-0.15, -0.1) is 0 Å². The van der Waals surface area contributed by atoms with Crippen LogP contribution in [0.2, 0.25) is 0 Å². The molecule has 0 saturated carbocycles. The van der Waals surface area contributed by atoms with Crippen molar-refractivity contribution in [2.24, 2.45) is 0 Å². The molecule has 28 heavy (non-hydrogen) atoms. The maximum absolute atomic E-state index is 12.9. The van der Waals surface area contributed by atoms with Gasteiger partial charge in [0.15, 0.2) is 5.58 Å². The van der Waals surface area contributed by atoms with Gasteiger partial charge in [0.05, 0.1) is 22.6 Å². The molecule has 0 spiro atoms. The Balaban J connectivity index is 1.35. The number of hydrogen-bond acceptors (Lipinski definition) is 4. The Hall–Kier alpha value is -3.35. The van der Waals surface area contributed by atoms with Crippen LogP contribution in [-0.2, 0) is 11.3 Å². The van der Waals surface area contributed by atoms with E-state index in [4.69, 9.17) is 4.42 Å². The number of rotatable bonds is 4. The average Bonchev–Trinajstić information content (AvgIpc) is 3.42. The third-order valence-corrected chi connectivity index (χ3v) is 5.42. The van der Waals surface area contributed by atoms with E-state index in [0.29, 0.717) is 18.7 Å². The number of benzene rings is 2. The molecule has 7 nitrogen and oxygen atoms in total. The van der Waals surface area contributed by atoms with E-state index in [9.17, 15) is 9.59 Å². The molecule has 142 valence electrons. The summed E-state index contributed by atoms with van der Waals surface area (Å²) in [4.78, 5) is 34.9. The Bertz CT molecular complexity index is 1190. The minimum absolute atomic E-state index is 0.0279.